The third kappa shape index (κ3) is 4.14. The summed E-state index contributed by atoms with van der Waals surface area (Å²) in [6.45, 7) is 1.63. The number of halogens is 1. The van der Waals surface area contributed by atoms with Crippen LogP contribution in [0.2, 0.25) is 0 Å². The number of amides is 2. The van der Waals surface area contributed by atoms with Gasteiger partial charge in [-0.1, -0.05) is 12.1 Å². The first-order valence-corrected chi connectivity index (χ1v) is 5.54. The summed E-state index contributed by atoms with van der Waals surface area (Å²) in [5.41, 5.74) is 0.121. The zero-order chi connectivity index (χ0) is 13.5. The maximum absolute atomic E-state index is 13.3. The summed E-state index contributed by atoms with van der Waals surface area (Å²) in [6, 6.07) is 5.30. The van der Waals surface area contributed by atoms with Crippen LogP contribution in [0.5, 0.6) is 0 Å². The van der Waals surface area contributed by atoms with Crippen LogP contribution in [-0.4, -0.2) is 31.4 Å². The Morgan fingerprint density at radius 1 is 1.33 bits per heavy atom. The zero-order valence-electron chi connectivity index (χ0n) is 10.3. The molecule has 3 N–H and O–H groups in total. The van der Waals surface area contributed by atoms with E-state index in [2.05, 4.69) is 16.0 Å². The molecule has 0 aliphatic heterocycles. The molecule has 2 amide bonds. The largest absolute Gasteiger partial charge is 0.358 e. The fraction of sp³-hybridized carbons (Fsp3) is 0.333. The highest BCUT2D eigenvalue weighted by Crippen LogP contribution is 2.12. The van der Waals surface area contributed by atoms with E-state index in [-0.39, 0.29) is 18.1 Å². The molecule has 0 radical (unpaired) electrons. The van der Waals surface area contributed by atoms with Gasteiger partial charge < -0.3 is 10.6 Å². The highest BCUT2D eigenvalue weighted by molar-refractivity contribution is 5.95. The molecule has 0 aliphatic carbocycles. The molecule has 0 aliphatic rings. The molecule has 5 nitrogen and oxygen atoms in total. The minimum Gasteiger partial charge on any atom is -0.358 e. The number of para-hydroxylation sites is 1. The molecular weight excluding hydrogens is 237 g/mol. The van der Waals surface area contributed by atoms with Crippen LogP contribution in [0.15, 0.2) is 24.3 Å². The number of rotatable bonds is 5. The Morgan fingerprint density at radius 2 is 2.00 bits per heavy atom. The number of carbonyl (C=O) groups excluding carboxylic acids is 2. The first-order chi connectivity index (χ1) is 8.54. The lowest BCUT2D eigenvalue weighted by atomic mass is 10.2. The molecule has 18 heavy (non-hydrogen) atoms. The van der Waals surface area contributed by atoms with Crippen molar-refractivity contribution in [2.75, 3.05) is 18.9 Å². The molecular formula is C12H16FN3O2. The summed E-state index contributed by atoms with van der Waals surface area (Å²) >= 11 is 0. The van der Waals surface area contributed by atoms with E-state index in [0.29, 0.717) is 0 Å². The average Bonchev–Trinajstić information content (AvgIpc) is 2.38. The molecule has 0 spiro atoms. The standard InChI is InChI=1S/C12H16FN3O2/c1-8(15-7-11(17)14-2)12(18)16-10-6-4-3-5-9(10)13/h3-6,8,15H,7H2,1-2H3,(H,14,17)(H,16,18)/t8-/m0/s1. The number of benzene rings is 1. The lowest BCUT2D eigenvalue weighted by Crippen LogP contribution is -2.43. The number of hydrogen-bond donors (Lipinski definition) is 3. The SMILES string of the molecule is CNC(=O)CN[C@@H](C)C(=O)Nc1ccccc1F. The highest BCUT2D eigenvalue weighted by atomic mass is 19.1. The van der Waals surface area contributed by atoms with E-state index < -0.39 is 17.8 Å². The minimum atomic E-state index is -0.595. The highest BCUT2D eigenvalue weighted by Gasteiger charge is 2.14. The van der Waals surface area contributed by atoms with Crippen LogP contribution in [-0.2, 0) is 9.59 Å². The van der Waals surface area contributed by atoms with Gasteiger partial charge in [0.2, 0.25) is 11.8 Å². The second-order valence-corrected chi connectivity index (χ2v) is 3.74. The van der Waals surface area contributed by atoms with E-state index >= 15 is 0 Å². The second-order valence-electron chi connectivity index (χ2n) is 3.74. The fourth-order valence-corrected chi connectivity index (χ4v) is 1.23. The van der Waals surface area contributed by atoms with Crippen LogP contribution < -0.4 is 16.0 Å². The molecule has 1 rings (SSSR count). The van der Waals surface area contributed by atoms with Gasteiger partial charge in [-0.2, -0.15) is 0 Å². The Labute approximate surface area is 105 Å². The lowest BCUT2D eigenvalue weighted by Gasteiger charge is -2.13. The normalized spacial score (nSPS) is 11.7. The van der Waals surface area contributed by atoms with Gasteiger partial charge in [0.1, 0.15) is 5.82 Å². The topological polar surface area (TPSA) is 70.2 Å². The van der Waals surface area contributed by atoms with Gasteiger partial charge >= 0.3 is 0 Å². The van der Waals surface area contributed by atoms with E-state index in [9.17, 15) is 14.0 Å². The van der Waals surface area contributed by atoms with Crippen molar-refractivity contribution >= 4 is 17.5 Å². The Hall–Kier alpha value is -1.95. The molecule has 0 aromatic heterocycles. The quantitative estimate of drug-likeness (QED) is 0.715. The number of nitrogens with one attached hydrogen (secondary N) is 3. The molecule has 0 unspecified atom stereocenters. The van der Waals surface area contributed by atoms with Gasteiger partial charge in [0.25, 0.3) is 0 Å². The zero-order valence-corrected chi connectivity index (χ0v) is 10.3. The van der Waals surface area contributed by atoms with Crippen LogP contribution in [0.1, 0.15) is 6.92 Å². The number of carbonyl (C=O) groups is 2. The molecule has 1 aromatic carbocycles. The number of hydrogen-bond acceptors (Lipinski definition) is 3. The van der Waals surface area contributed by atoms with E-state index in [1.165, 1.54) is 25.2 Å². The van der Waals surface area contributed by atoms with Gasteiger partial charge in [-0.15, -0.1) is 0 Å². The molecule has 0 heterocycles. The van der Waals surface area contributed by atoms with Gasteiger partial charge in [0.15, 0.2) is 0 Å². The van der Waals surface area contributed by atoms with E-state index in [0.717, 1.165) is 0 Å². The Morgan fingerprint density at radius 3 is 2.61 bits per heavy atom. The third-order valence-electron chi connectivity index (χ3n) is 2.37. The van der Waals surface area contributed by atoms with Crippen LogP contribution in [0.25, 0.3) is 0 Å². The third-order valence-corrected chi connectivity index (χ3v) is 2.37. The van der Waals surface area contributed by atoms with E-state index in [1.54, 1.807) is 13.0 Å². The van der Waals surface area contributed by atoms with Crippen LogP contribution in [0, 0.1) is 5.82 Å². The Bertz CT molecular complexity index is 437. The summed E-state index contributed by atoms with van der Waals surface area (Å²) in [6.07, 6.45) is 0. The van der Waals surface area contributed by atoms with Crippen molar-refractivity contribution in [2.45, 2.75) is 13.0 Å². The van der Waals surface area contributed by atoms with Crippen LogP contribution in [0.3, 0.4) is 0 Å². The predicted octanol–water partition coefficient (Wildman–Crippen LogP) is 0.488. The fourth-order valence-electron chi connectivity index (χ4n) is 1.23. The van der Waals surface area contributed by atoms with Crippen molar-refractivity contribution in [3.63, 3.8) is 0 Å². The second kappa shape index (κ2) is 6.70. The molecule has 1 atom stereocenters. The van der Waals surface area contributed by atoms with Crippen molar-refractivity contribution in [1.82, 2.24) is 10.6 Å². The summed E-state index contributed by atoms with van der Waals surface area (Å²) in [4.78, 5) is 22.7. The lowest BCUT2D eigenvalue weighted by molar-refractivity contribution is -0.120. The van der Waals surface area contributed by atoms with Crippen molar-refractivity contribution < 1.29 is 14.0 Å². The first kappa shape index (κ1) is 14.1. The summed E-state index contributed by atoms with van der Waals surface area (Å²) in [5.74, 6) is -1.12. The van der Waals surface area contributed by atoms with Crippen LogP contribution in [0.4, 0.5) is 10.1 Å². The molecule has 0 saturated heterocycles. The smallest absolute Gasteiger partial charge is 0.241 e. The number of likely N-dealkylation sites (N-methyl/N-ethyl adjacent to an activating group) is 1. The maximum atomic E-state index is 13.3. The summed E-state index contributed by atoms with van der Waals surface area (Å²) < 4.78 is 13.3. The first-order valence-electron chi connectivity index (χ1n) is 5.54. The van der Waals surface area contributed by atoms with Crippen molar-refractivity contribution in [3.05, 3.63) is 30.1 Å². The molecule has 0 fully saturated rings. The molecule has 0 saturated carbocycles. The predicted molar refractivity (Wildman–Crippen MR) is 66.6 cm³/mol. The van der Waals surface area contributed by atoms with Crippen molar-refractivity contribution in [3.8, 4) is 0 Å². The monoisotopic (exact) mass is 253 g/mol. The summed E-state index contributed by atoms with van der Waals surface area (Å²) in [5, 5.41) is 7.59. The van der Waals surface area contributed by atoms with Gasteiger partial charge in [-0.05, 0) is 19.1 Å². The van der Waals surface area contributed by atoms with Crippen molar-refractivity contribution in [1.29, 1.82) is 0 Å². The van der Waals surface area contributed by atoms with Gasteiger partial charge in [0, 0.05) is 7.05 Å². The van der Waals surface area contributed by atoms with Gasteiger partial charge in [-0.25, -0.2) is 4.39 Å². The van der Waals surface area contributed by atoms with Gasteiger partial charge in [-0.3, -0.25) is 14.9 Å². The molecule has 1 aromatic rings. The van der Waals surface area contributed by atoms with Crippen molar-refractivity contribution in [2.24, 2.45) is 0 Å². The molecule has 0 bridgehead atoms. The Balaban J connectivity index is 2.50. The number of anilines is 1. The van der Waals surface area contributed by atoms with Crippen LogP contribution >= 0.6 is 0 Å². The summed E-state index contributed by atoms with van der Waals surface area (Å²) in [7, 11) is 1.51. The minimum absolute atomic E-state index is 0.0301. The maximum Gasteiger partial charge on any atom is 0.241 e. The Kier molecular flexibility index (Phi) is 5.26. The van der Waals surface area contributed by atoms with E-state index in [1.807, 2.05) is 0 Å². The molecule has 98 valence electrons. The van der Waals surface area contributed by atoms with Gasteiger partial charge in [0.05, 0.1) is 18.3 Å². The average molecular weight is 253 g/mol. The molecule has 6 heteroatoms. The van der Waals surface area contributed by atoms with E-state index in [4.69, 9.17) is 0 Å².